The lowest BCUT2D eigenvalue weighted by Gasteiger charge is -2.26. The van der Waals surface area contributed by atoms with Gasteiger partial charge in [0.2, 0.25) is 0 Å². The molecule has 1 rings (SSSR count). The number of carboxylic acid groups (broad SMARTS) is 1. The Bertz CT molecular complexity index is 512. The third-order valence-corrected chi connectivity index (χ3v) is 3.91. The number of ether oxygens (including phenoxy) is 1. The minimum absolute atomic E-state index is 0.0394. The summed E-state index contributed by atoms with van der Waals surface area (Å²) in [5, 5.41) is 9.18. The van der Waals surface area contributed by atoms with Crippen molar-refractivity contribution in [1.82, 2.24) is 0 Å². The SMILES string of the molecule is CCCC(CC(=O)O)c1ccc(OCC(C)C)c(C(C)(C)C)c1. The van der Waals surface area contributed by atoms with Gasteiger partial charge in [0.25, 0.3) is 0 Å². The molecule has 1 atom stereocenters. The molecule has 130 valence electrons. The number of aliphatic carboxylic acids is 1. The molecule has 0 aliphatic heterocycles. The molecule has 1 unspecified atom stereocenters. The van der Waals surface area contributed by atoms with Crippen molar-refractivity contribution < 1.29 is 14.6 Å². The summed E-state index contributed by atoms with van der Waals surface area (Å²) >= 11 is 0. The first-order valence-electron chi connectivity index (χ1n) is 8.64. The van der Waals surface area contributed by atoms with Crippen LogP contribution in [0.5, 0.6) is 5.75 Å². The Morgan fingerprint density at radius 3 is 2.39 bits per heavy atom. The van der Waals surface area contributed by atoms with Crippen molar-refractivity contribution in [3.8, 4) is 5.75 Å². The monoisotopic (exact) mass is 320 g/mol. The number of carboxylic acids is 1. The Kier molecular flexibility index (Phi) is 7.11. The maximum absolute atomic E-state index is 11.2. The van der Waals surface area contributed by atoms with Crippen LogP contribution in [0.25, 0.3) is 0 Å². The van der Waals surface area contributed by atoms with Crippen LogP contribution >= 0.6 is 0 Å². The van der Waals surface area contributed by atoms with Crippen LogP contribution in [0.2, 0.25) is 0 Å². The standard InChI is InChI=1S/C20H32O3/c1-7-8-15(12-19(21)22)16-9-10-18(23-13-14(2)3)17(11-16)20(4,5)6/h9-11,14-15H,7-8,12-13H2,1-6H3,(H,21,22). The van der Waals surface area contributed by atoms with Gasteiger partial charge in [0.15, 0.2) is 0 Å². The van der Waals surface area contributed by atoms with E-state index in [0.29, 0.717) is 12.5 Å². The first-order valence-corrected chi connectivity index (χ1v) is 8.64. The highest BCUT2D eigenvalue weighted by molar-refractivity contribution is 5.68. The minimum atomic E-state index is -0.735. The molecule has 0 saturated carbocycles. The number of hydrogen-bond donors (Lipinski definition) is 1. The highest BCUT2D eigenvalue weighted by Crippen LogP contribution is 2.36. The maximum Gasteiger partial charge on any atom is 0.303 e. The first kappa shape index (κ1) is 19.5. The Morgan fingerprint density at radius 2 is 1.91 bits per heavy atom. The Labute approximate surface area is 141 Å². The summed E-state index contributed by atoms with van der Waals surface area (Å²) in [5.74, 6) is 0.724. The average Bonchev–Trinajstić information content (AvgIpc) is 2.43. The molecule has 0 radical (unpaired) electrons. The van der Waals surface area contributed by atoms with Crippen molar-refractivity contribution in [1.29, 1.82) is 0 Å². The highest BCUT2D eigenvalue weighted by atomic mass is 16.5. The zero-order valence-electron chi connectivity index (χ0n) is 15.5. The van der Waals surface area contributed by atoms with Crippen molar-refractivity contribution in [3.05, 3.63) is 29.3 Å². The largest absolute Gasteiger partial charge is 0.493 e. The molecule has 1 N–H and O–H groups in total. The van der Waals surface area contributed by atoms with Gasteiger partial charge >= 0.3 is 5.97 Å². The van der Waals surface area contributed by atoms with E-state index in [1.54, 1.807) is 0 Å². The van der Waals surface area contributed by atoms with E-state index in [2.05, 4.69) is 47.6 Å². The molecule has 23 heavy (non-hydrogen) atoms. The molecule has 0 saturated heterocycles. The molecule has 1 aromatic carbocycles. The van der Waals surface area contributed by atoms with Crippen LogP contribution in [-0.4, -0.2) is 17.7 Å². The summed E-state index contributed by atoms with van der Waals surface area (Å²) in [6.45, 7) is 13.6. The molecule has 0 fully saturated rings. The topological polar surface area (TPSA) is 46.5 Å². The second-order valence-electron chi connectivity index (χ2n) is 7.79. The molecule has 0 aliphatic rings. The third-order valence-electron chi connectivity index (χ3n) is 3.91. The van der Waals surface area contributed by atoms with E-state index in [9.17, 15) is 9.90 Å². The van der Waals surface area contributed by atoms with Crippen molar-refractivity contribution in [2.24, 2.45) is 5.92 Å². The Hall–Kier alpha value is -1.51. The van der Waals surface area contributed by atoms with E-state index in [0.717, 1.165) is 29.7 Å². The van der Waals surface area contributed by atoms with Gasteiger partial charge in [0.1, 0.15) is 5.75 Å². The summed E-state index contributed by atoms with van der Waals surface area (Å²) < 4.78 is 5.98. The van der Waals surface area contributed by atoms with Crippen molar-refractivity contribution in [2.45, 2.75) is 72.1 Å². The molecule has 3 nitrogen and oxygen atoms in total. The fraction of sp³-hybridized carbons (Fsp3) is 0.650. The quantitative estimate of drug-likeness (QED) is 0.699. The lowest BCUT2D eigenvalue weighted by atomic mass is 9.82. The van der Waals surface area contributed by atoms with Gasteiger partial charge in [-0.2, -0.15) is 0 Å². The van der Waals surface area contributed by atoms with E-state index in [-0.39, 0.29) is 17.8 Å². The average molecular weight is 320 g/mol. The van der Waals surface area contributed by atoms with Crippen LogP contribution in [0.1, 0.15) is 77.8 Å². The molecular formula is C20H32O3. The molecule has 0 aromatic heterocycles. The second-order valence-corrected chi connectivity index (χ2v) is 7.79. The Morgan fingerprint density at radius 1 is 1.26 bits per heavy atom. The van der Waals surface area contributed by atoms with E-state index in [1.165, 1.54) is 0 Å². The zero-order valence-corrected chi connectivity index (χ0v) is 15.5. The summed E-state index contributed by atoms with van der Waals surface area (Å²) in [7, 11) is 0. The zero-order chi connectivity index (χ0) is 17.6. The van der Waals surface area contributed by atoms with Gasteiger partial charge in [-0.1, -0.05) is 60.1 Å². The van der Waals surface area contributed by atoms with Crippen LogP contribution in [0.3, 0.4) is 0 Å². The lowest BCUT2D eigenvalue weighted by Crippen LogP contribution is -2.16. The van der Waals surface area contributed by atoms with Gasteiger partial charge in [-0.3, -0.25) is 4.79 Å². The van der Waals surface area contributed by atoms with Crippen LogP contribution in [0.4, 0.5) is 0 Å². The minimum Gasteiger partial charge on any atom is -0.493 e. The van der Waals surface area contributed by atoms with E-state index < -0.39 is 5.97 Å². The first-order chi connectivity index (χ1) is 10.6. The lowest BCUT2D eigenvalue weighted by molar-refractivity contribution is -0.137. The fourth-order valence-corrected chi connectivity index (χ4v) is 2.72. The number of hydrogen-bond acceptors (Lipinski definition) is 2. The van der Waals surface area contributed by atoms with Crippen molar-refractivity contribution >= 4 is 5.97 Å². The molecule has 0 aliphatic carbocycles. The summed E-state index contributed by atoms with van der Waals surface area (Å²) in [6.07, 6.45) is 2.06. The van der Waals surface area contributed by atoms with Crippen molar-refractivity contribution in [2.75, 3.05) is 6.61 Å². The van der Waals surface area contributed by atoms with Gasteiger partial charge in [0.05, 0.1) is 13.0 Å². The molecule has 0 amide bonds. The maximum atomic E-state index is 11.2. The molecular weight excluding hydrogens is 288 g/mol. The van der Waals surface area contributed by atoms with Crippen LogP contribution in [-0.2, 0) is 10.2 Å². The fourth-order valence-electron chi connectivity index (χ4n) is 2.72. The molecule has 0 spiro atoms. The predicted molar refractivity (Wildman–Crippen MR) is 95.4 cm³/mol. The van der Waals surface area contributed by atoms with E-state index in [4.69, 9.17) is 4.74 Å². The summed E-state index contributed by atoms with van der Waals surface area (Å²) in [6, 6.07) is 6.20. The van der Waals surface area contributed by atoms with Gasteiger partial charge in [-0.05, 0) is 40.9 Å². The van der Waals surface area contributed by atoms with Crippen LogP contribution in [0, 0.1) is 5.92 Å². The Balaban J connectivity index is 3.17. The van der Waals surface area contributed by atoms with Gasteiger partial charge < -0.3 is 9.84 Å². The summed E-state index contributed by atoms with van der Waals surface area (Å²) in [5.41, 5.74) is 2.22. The normalized spacial score (nSPS) is 13.2. The molecule has 3 heteroatoms. The smallest absolute Gasteiger partial charge is 0.303 e. The highest BCUT2D eigenvalue weighted by Gasteiger charge is 2.23. The number of benzene rings is 1. The van der Waals surface area contributed by atoms with E-state index in [1.807, 2.05) is 12.1 Å². The molecule has 0 bridgehead atoms. The van der Waals surface area contributed by atoms with Crippen molar-refractivity contribution in [3.63, 3.8) is 0 Å². The van der Waals surface area contributed by atoms with Gasteiger partial charge in [-0.25, -0.2) is 0 Å². The second kappa shape index (κ2) is 8.37. The van der Waals surface area contributed by atoms with Gasteiger partial charge in [-0.15, -0.1) is 0 Å². The molecule has 0 heterocycles. The van der Waals surface area contributed by atoms with Crippen LogP contribution < -0.4 is 4.74 Å². The van der Waals surface area contributed by atoms with Crippen LogP contribution in [0.15, 0.2) is 18.2 Å². The van der Waals surface area contributed by atoms with E-state index >= 15 is 0 Å². The number of carbonyl (C=O) groups is 1. The van der Waals surface area contributed by atoms with Gasteiger partial charge in [0, 0.05) is 0 Å². The predicted octanol–water partition coefficient (Wildman–Crippen LogP) is 5.38. The molecule has 1 aromatic rings. The number of rotatable bonds is 8. The third kappa shape index (κ3) is 6.25. The summed E-state index contributed by atoms with van der Waals surface area (Å²) in [4.78, 5) is 11.2.